The number of hydrogen-bond donors (Lipinski definition) is 1. The van der Waals surface area contributed by atoms with Gasteiger partial charge in [-0.2, -0.15) is 0 Å². The summed E-state index contributed by atoms with van der Waals surface area (Å²) in [6.45, 7) is -0.0685. The third kappa shape index (κ3) is 4.00. The van der Waals surface area contributed by atoms with Gasteiger partial charge in [0.2, 0.25) is 11.8 Å². The van der Waals surface area contributed by atoms with Crippen LogP contribution in [0.5, 0.6) is 0 Å². The highest BCUT2D eigenvalue weighted by molar-refractivity contribution is 8.00. The Balaban J connectivity index is 2.02. The van der Waals surface area contributed by atoms with Crippen molar-refractivity contribution < 1.29 is 19.5 Å². The summed E-state index contributed by atoms with van der Waals surface area (Å²) in [6.07, 6.45) is 0.237. The lowest BCUT2D eigenvalue weighted by molar-refractivity contribution is -0.150. The lowest BCUT2D eigenvalue weighted by Gasteiger charge is -2.27. The fourth-order valence-electron chi connectivity index (χ4n) is 2.22. The summed E-state index contributed by atoms with van der Waals surface area (Å²) in [5, 5.41) is 9.39. The molecule has 0 bridgehead atoms. The number of carboxylic acid groups (broad SMARTS) is 1. The largest absolute Gasteiger partial charge is 0.480 e. The zero-order valence-electron chi connectivity index (χ0n) is 12.3. The first-order valence-corrected chi connectivity index (χ1v) is 8.02. The molecule has 6 nitrogen and oxygen atoms in total. The highest BCUT2D eigenvalue weighted by Gasteiger charge is 2.30. The van der Waals surface area contributed by atoms with E-state index in [9.17, 15) is 19.5 Å². The molecule has 1 N–H and O–H groups in total. The Bertz CT molecular complexity index is 564. The Morgan fingerprint density at radius 1 is 1.36 bits per heavy atom. The van der Waals surface area contributed by atoms with Crippen LogP contribution in [0.2, 0.25) is 0 Å². The quantitative estimate of drug-likeness (QED) is 0.833. The van der Waals surface area contributed by atoms with Gasteiger partial charge in [-0.05, 0) is 5.56 Å². The average molecular weight is 322 g/mol. The molecule has 22 heavy (non-hydrogen) atoms. The number of carbonyl (C=O) groups is 3. The SMILES string of the molecule is CN(C(=O)CN1CSCC1=O)C(Cc1ccccc1)C(=O)O. The second-order valence-corrected chi connectivity index (χ2v) is 6.07. The van der Waals surface area contributed by atoms with Gasteiger partial charge in [-0.15, -0.1) is 11.8 Å². The highest BCUT2D eigenvalue weighted by Crippen LogP contribution is 2.15. The fourth-order valence-corrected chi connectivity index (χ4v) is 3.12. The van der Waals surface area contributed by atoms with Crippen molar-refractivity contribution in [3.8, 4) is 0 Å². The first kappa shape index (κ1) is 16.4. The number of hydrogen-bond acceptors (Lipinski definition) is 4. The van der Waals surface area contributed by atoms with E-state index in [1.54, 1.807) is 0 Å². The molecule has 1 aromatic rings. The molecule has 0 radical (unpaired) electrons. The van der Waals surface area contributed by atoms with Crippen molar-refractivity contribution in [3.05, 3.63) is 35.9 Å². The summed E-state index contributed by atoms with van der Waals surface area (Å²) in [6, 6.07) is 8.22. The third-order valence-corrected chi connectivity index (χ3v) is 4.51. The predicted octanol–water partition coefficient (Wildman–Crippen LogP) is 0.674. The van der Waals surface area contributed by atoms with Crippen molar-refractivity contribution in [2.75, 3.05) is 25.2 Å². The molecule has 1 fully saturated rings. The van der Waals surface area contributed by atoms with Crippen LogP contribution in [0.1, 0.15) is 5.56 Å². The Kier molecular flexibility index (Phi) is 5.43. The molecule has 1 heterocycles. The van der Waals surface area contributed by atoms with E-state index in [-0.39, 0.29) is 24.8 Å². The monoisotopic (exact) mass is 322 g/mol. The second kappa shape index (κ2) is 7.31. The Labute approximate surface area is 133 Å². The number of nitrogens with zero attached hydrogens (tertiary/aromatic N) is 2. The summed E-state index contributed by atoms with van der Waals surface area (Å²) in [7, 11) is 1.47. The molecule has 0 saturated carbocycles. The predicted molar refractivity (Wildman–Crippen MR) is 83.4 cm³/mol. The number of benzene rings is 1. The Morgan fingerprint density at radius 3 is 2.59 bits per heavy atom. The summed E-state index contributed by atoms with van der Waals surface area (Å²) < 4.78 is 0. The van der Waals surface area contributed by atoms with Gasteiger partial charge in [-0.3, -0.25) is 9.59 Å². The van der Waals surface area contributed by atoms with Crippen LogP contribution in [-0.2, 0) is 20.8 Å². The van der Waals surface area contributed by atoms with Crippen molar-refractivity contribution in [2.24, 2.45) is 0 Å². The molecule has 2 rings (SSSR count). The van der Waals surface area contributed by atoms with Gasteiger partial charge in [-0.1, -0.05) is 30.3 Å². The van der Waals surface area contributed by atoms with Crippen molar-refractivity contribution in [1.82, 2.24) is 9.80 Å². The Morgan fingerprint density at radius 2 is 2.05 bits per heavy atom. The summed E-state index contributed by atoms with van der Waals surface area (Å²) in [5.74, 6) is -0.638. The number of carbonyl (C=O) groups excluding carboxylic acids is 2. The van der Waals surface area contributed by atoms with E-state index in [4.69, 9.17) is 0 Å². The maximum atomic E-state index is 12.2. The summed E-state index contributed by atoms with van der Waals surface area (Å²) >= 11 is 1.45. The van der Waals surface area contributed by atoms with Crippen LogP contribution in [0.15, 0.2) is 30.3 Å². The third-order valence-electron chi connectivity index (χ3n) is 3.57. The van der Waals surface area contributed by atoms with Gasteiger partial charge in [0.25, 0.3) is 0 Å². The van der Waals surface area contributed by atoms with Crippen LogP contribution >= 0.6 is 11.8 Å². The second-order valence-electron chi connectivity index (χ2n) is 5.12. The molecule has 1 aliphatic heterocycles. The molecule has 1 aliphatic rings. The van der Waals surface area contributed by atoms with E-state index in [0.29, 0.717) is 11.6 Å². The van der Waals surface area contributed by atoms with Gasteiger partial charge in [0.15, 0.2) is 0 Å². The highest BCUT2D eigenvalue weighted by atomic mass is 32.2. The molecule has 1 atom stereocenters. The topological polar surface area (TPSA) is 77.9 Å². The van der Waals surface area contributed by atoms with Crippen molar-refractivity contribution in [1.29, 1.82) is 0 Å². The lowest BCUT2D eigenvalue weighted by atomic mass is 10.0. The molecule has 1 unspecified atom stereocenters. The van der Waals surface area contributed by atoms with Crippen LogP contribution in [0.3, 0.4) is 0 Å². The molecule has 0 aliphatic carbocycles. The molecule has 1 saturated heterocycles. The Hall–Kier alpha value is -2.02. The molecule has 7 heteroatoms. The number of thioether (sulfide) groups is 1. The maximum Gasteiger partial charge on any atom is 0.326 e. The number of amides is 2. The van der Waals surface area contributed by atoms with E-state index in [1.807, 2.05) is 30.3 Å². The molecule has 0 aromatic heterocycles. The zero-order valence-corrected chi connectivity index (χ0v) is 13.1. The van der Waals surface area contributed by atoms with Crippen LogP contribution < -0.4 is 0 Å². The van der Waals surface area contributed by atoms with Gasteiger partial charge in [0.1, 0.15) is 12.6 Å². The first-order valence-electron chi connectivity index (χ1n) is 6.87. The first-order chi connectivity index (χ1) is 10.5. The minimum atomic E-state index is -1.05. The normalized spacial score (nSPS) is 15.7. The number of carboxylic acids is 1. The summed E-state index contributed by atoms with van der Waals surface area (Å²) in [5.41, 5.74) is 0.849. The molecule has 118 valence electrons. The van der Waals surface area contributed by atoms with E-state index < -0.39 is 12.0 Å². The van der Waals surface area contributed by atoms with Gasteiger partial charge in [0, 0.05) is 13.5 Å². The van der Waals surface area contributed by atoms with Crippen LogP contribution in [0.4, 0.5) is 0 Å². The smallest absolute Gasteiger partial charge is 0.326 e. The van der Waals surface area contributed by atoms with Gasteiger partial charge in [0.05, 0.1) is 11.6 Å². The fraction of sp³-hybridized carbons (Fsp3) is 0.400. The van der Waals surface area contributed by atoms with Crippen LogP contribution in [0, 0.1) is 0 Å². The molecule has 1 aromatic carbocycles. The van der Waals surface area contributed by atoms with Crippen molar-refractivity contribution >= 4 is 29.5 Å². The minimum Gasteiger partial charge on any atom is -0.480 e. The van der Waals surface area contributed by atoms with Crippen molar-refractivity contribution in [2.45, 2.75) is 12.5 Å². The minimum absolute atomic E-state index is 0.0685. The number of likely N-dealkylation sites (N-methyl/N-ethyl adjacent to an activating group) is 1. The number of aliphatic carboxylic acids is 1. The van der Waals surface area contributed by atoms with E-state index in [2.05, 4.69) is 0 Å². The van der Waals surface area contributed by atoms with Gasteiger partial charge >= 0.3 is 5.97 Å². The average Bonchev–Trinajstić information content (AvgIpc) is 2.90. The number of rotatable bonds is 6. The van der Waals surface area contributed by atoms with E-state index in [0.717, 1.165) is 5.56 Å². The zero-order chi connectivity index (χ0) is 16.1. The maximum absolute atomic E-state index is 12.2. The van der Waals surface area contributed by atoms with Crippen molar-refractivity contribution in [3.63, 3.8) is 0 Å². The van der Waals surface area contributed by atoms with E-state index in [1.165, 1.54) is 28.6 Å². The van der Waals surface area contributed by atoms with Gasteiger partial charge < -0.3 is 14.9 Å². The molecule has 0 spiro atoms. The molecular weight excluding hydrogens is 304 g/mol. The lowest BCUT2D eigenvalue weighted by Crippen LogP contribution is -2.48. The van der Waals surface area contributed by atoms with Crippen LogP contribution in [0.25, 0.3) is 0 Å². The van der Waals surface area contributed by atoms with Crippen LogP contribution in [-0.4, -0.2) is 64.0 Å². The molecular formula is C15H18N2O4S. The van der Waals surface area contributed by atoms with Gasteiger partial charge in [-0.25, -0.2) is 4.79 Å². The molecule has 2 amide bonds. The van der Waals surface area contributed by atoms with E-state index >= 15 is 0 Å². The summed E-state index contributed by atoms with van der Waals surface area (Å²) in [4.78, 5) is 37.9. The standard InChI is InChI=1S/C15H18N2O4S/c1-16(13(18)8-17-10-22-9-14(17)19)12(15(20)21)7-11-5-3-2-4-6-11/h2-6,12H,7-10H2,1H3,(H,20,21).